The van der Waals surface area contributed by atoms with Gasteiger partial charge in [0, 0.05) is 32.9 Å². The topological polar surface area (TPSA) is 71.7 Å². The number of hydrogen-bond acceptors (Lipinski definition) is 4. The lowest BCUT2D eigenvalue weighted by atomic mass is 9.83. The average molecular weight is 498 g/mol. The van der Waals surface area contributed by atoms with E-state index in [2.05, 4.69) is 20.6 Å². The highest BCUT2D eigenvalue weighted by atomic mass is 127. The maximum Gasteiger partial charge on any atom is 0.214 e. The maximum absolute atomic E-state index is 5.84. The molecule has 1 heterocycles. The van der Waals surface area contributed by atoms with E-state index in [1.807, 2.05) is 30.3 Å². The monoisotopic (exact) mass is 498 g/mol. The van der Waals surface area contributed by atoms with Crippen LogP contribution in [0.2, 0.25) is 0 Å². The molecule has 3 rings (SSSR count). The SMILES string of the molecule is CN=C(NCc1ncc(-c2ccccc2)o1)NCC1(CCOC)CCCC1.I. The van der Waals surface area contributed by atoms with Crippen LogP contribution in [-0.2, 0) is 11.3 Å². The van der Waals surface area contributed by atoms with Gasteiger partial charge in [0.2, 0.25) is 5.89 Å². The molecule has 2 aromatic rings. The summed E-state index contributed by atoms with van der Waals surface area (Å²) in [6.45, 7) is 2.22. The molecule has 28 heavy (non-hydrogen) atoms. The summed E-state index contributed by atoms with van der Waals surface area (Å²) >= 11 is 0. The molecular formula is C21H31IN4O2. The maximum atomic E-state index is 5.84. The molecule has 2 N–H and O–H groups in total. The van der Waals surface area contributed by atoms with Gasteiger partial charge in [0.1, 0.15) is 0 Å². The minimum Gasteiger partial charge on any atom is -0.439 e. The third-order valence-electron chi connectivity index (χ3n) is 5.37. The third kappa shape index (κ3) is 6.20. The number of nitrogens with zero attached hydrogens (tertiary/aromatic N) is 2. The molecule has 1 aromatic carbocycles. The Labute approximate surface area is 184 Å². The highest BCUT2D eigenvalue weighted by Gasteiger charge is 2.33. The minimum atomic E-state index is 0. The van der Waals surface area contributed by atoms with Crippen LogP contribution >= 0.6 is 24.0 Å². The van der Waals surface area contributed by atoms with Crippen molar-refractivity contribution in [1.29, 1.82) is 0 Å². The summed E-state index contributed by atoms with van der Waals surface area (Å²) in [6.07, 6.45) is 7.96. The van der Waals surface area contributed by atoms with E-state index in [0.29, 0.717) is 17.9 Å². The van der Waals surface area contributed by atoms with Gasteiger partial charge in [-0.2, -0.15) is 0 Å². The Morgan fingerprint density at radius 2 is 1.96 bits per heavy atom. The standard InChI is InChI=1S/C21H30N4O2.HI/c1-22-20(25-16-21(12-13-26-2)10-6-7-11-21)24-15-19-23-14-18(27-19)17-8-4-3-5-9-17;/h3-5,8-9,14H,6-7,10-13,15-16H2,1-2H3,(H2,22,24,25);1H. The van der Waals surface area contributed by atoms with E-state index in [1.165, 1.54) is 25.7 Å². The van der Waals surface area contributed by atoms with Crippen molar-refractivity contribution in [3.63, 3.8) is 0 Å². The number of guanidine groups is 1. The molecule has 0 unspecified atom stereocenters. The van der Waals surface area contributed by atoms with E-state index in [-0.39, 0.29) is 24.0 Å². The first-order valence-corrected chi connectivity index (χ1v) is 9.68. The van der Waals surface area contributed by atoms with Crippen LogP contribution in [0.4, 0.5) is 0 Å². The van der Waals surface area contributed by atoms with Crippen LogP contribution < -0.4 is 10.6 Å². The van der Waals surface area contributed by atoms with E-state index >= 15 is 0 Å². The second-order valence-electron chi connectivity index (χ2n) is 7.21. The number of rotatable bonds is 8. The minimum absolute atomic E-state index is 0. The lowest BCUT2D eigenvalue weighted by Crippen LogP contribution is -2.43. The third-order valence-corrected chi connectivity index (χ3v) is 5.37. The smallest absolute Gasteiger partial charge is 0.214 e. The lowest BCUT2D eigenvalue weighted by molar-refractivity contribution is 0.138. The van der Waals surface area contributed by atoms with Crippen molar-refractivity contribution < 1.29 is 9.15 Å². The number of methoxy groups -OCH3 is 1. The Morgan fingerprint density at radius 3 is 2.64 bits per heavy atom. The summed E-state index contributed by atoms with van der Waals surface area (Å²) in [5.41, 5.74) is 1.34. The zero-order valence-corrected chi connectivity index (χ0v) is 19.1. The van der Waals surface area contributed by atoms with Crippen molar-refractivity contribution in [2.24, 2.45) is 10.4 Å². The molecule has 154 valence electrons. The van der Waals surface area contributed by atoms with E-state index < -0.39 is 0 Å². The quantitative estimate of drug-likeness (QED) is 0.324. The molecule has 0 radical (unpaired) electrons. The highest BCUT2D eigenvalue weighted by molar-refractivity contribution is 14.0. The fourth-order valence-corrected chi connectivity index (χ4v) is 3.74. The molecule has 0 bridgehead atoms. The fraction of sp³-hybridized carbons (Fsp3) is 0.524. The van der Waals surface area contributed by atoms with Gasteiger partial charge in [-0.25, -0.2) is 4.98 Å². The molecule has 0 amide bonds. The van der Waals surface area contributed by atoms with Crippen molar-refractivity contribution in [3.8, 4) is 11.3 Å². The van der Waals surface area contributed by atoms with E-state index in [9.17, 15) is 0 Å². The first kappa shape index (κ1) is 22.7. The molecule has 7 heteroatoms. The molecule has 0 spiro atoms. The molecule has 1 aromatic heterocycles. The molecule has 1 fully saturated rings. The normalized spacial score (nSPS) is 15.9. The van der Waals surface area contributed by atoms with Crippen LogP contribution in [0.3, 0.4) is 0 Å². The zero-order chi connectivity index (χ0) is 19.0. The van der Waals surface area contributed by atoms with Gasteiger partial charge in [0.25, 0.3) is 0 Å². The second-order valence-corrected chi connectivity index (χ2v) is 7.21. The number of benzene rings is 1. The number of hydrogen-bond donors (Lipinski definition) is 2. The Morgan fingerprint density at radius 1 is 1.21 bits per heavy atom. The Bertz CT molecular complexity index is 727. The first-order chi connectivity index (χ1) is 13.2. The van der Waals surface area contributed by atoms with Crippen LogP contribution in [0.1, 0.15) is 38.0 Å². The van der Waals surface area contributed by atoms with Crippen molar-refractivity contribution in [2.75, 3.05) is 27.3 Å². The number of aromatic nitrogens is 1. The molecule has 1 aliphatic rings. The number of halogens is 1. The number of nitrogens with one attached hydrogen (secondary N) is 2. The summed E-state index contributed by atoms with van der Waals surface area (Å²) in [5, 5.41) is 6.78. The molecule has 6 nitrogen and oxygen atoms in total. The Hall–Kier alpha value is -1.61. The number of ether oxygens (including phenoxy) is 1. The molecule has 0 aliphatic heterocycles. The fourth-order valence-electron chi connectivity index (χ4n) is 3.74. The first-order valence-electron chi connectivity index (χ1n) is 9.68. The van der Waals surface area contributed by atoms with E-state index in [1.54, 1.807) is 20.4 Å². The summed E-state index contributed by atoms with van der Waals surface area (Å²) in [6, 6.07) is 9.99. The molecular weight excluding hydrogens is 467 g/mol. The largest absolute Gasteiger partial charge is 0.439 e. The van der Waals surface area contributed by atoms with Crippen LogP contribution in [0.5, 0.6) is 0 Å². The summed E-state index contributed by atoms with van der Waals surface area (Å²) < 4.78 is 11.2. The molecule has 0 saturated heterocycles. The van der Waals surface area contributed by atoms with Gasteiger partial charge in [-0.15, -0.1) is 24.0 Å². The Balaban J connectivity index is 0.00000280. The van der Waals surface area contributed by atoms with Gasteiger partial charge in [-0.05, 0) is 24.7 Å². The highest BCUT2D eigenvalue weighted by Crippen LogP contribution is 2.40. The van der Waals surface area contributed by atoms with Crippen molar-refractivity contribution >= 4 is 29.9 Å². The van der Waals surface area contributed by atoms with E-state index in [4.69, 9.17) is 9.15 Å². The van der Waals surface area contributed by atoms with Gasteiger partial charge in [0.15, 0.2) is 11.7 Å². The zero-order valence-electron chi connectivity index (χ0n) is 16.7. The molecule has 0 atom stereocenters. The van der Waals surface area contributed by atoms with Gasteiger partial charge >= 0.3 is 0 Å². The predicted octanol–water partition coefficient (Wildman–Crippen LogP) is 4.22. The second kappa shape index (κ2) is 11.4. The number of aliphatic imine (C=N–C) groups is 1. The van der Waals surface area contributed by atoms with Gasteiger partial charge in [-0.3, -0.25) is 4.99 Å². The van der Waals surface area contributed by atoms with Crippen molar-refractivity contribution in [3.05, 3.63) is 42.4 Å². The average Bonchev–Trinajstić information content (AvgIpc) is 3.37. The number of oxazole rings is 1. The van der Waals surface area contributed by atoms with Crippen LogP contribution in [0.25, 0.3) is 11.3 Å². The van der Waals surface area contributed by atoms with Gasteiger partial charge < -0.3 is 19.8 Å². The van der Waals surface area contributed by atoms with Crippen molar-refractivity contribution in [2.45, 2.75) is 38.6 Å². The van der Waals surface area contributed by atoms with Gasteiger partial charge in [-0.1, -0.05) is 43.2 Å². The van der Waals surface area contributed by atoms with Gasteiger partial charge in [0.05, 0.1) is 12.7 Å². The van der Waals surface area contributed by atoms with Crippen LogP contribution in [-0.4, -0.2) is 38.3 Å². The summed E-state index contributed by atoms with van der Waals surface area (Å²) in [5.74, 6) is 2.20. The van der Waals surface area contributed by atoms with Crippen LogP contribution in [0, 0.1) is 5.41 Å². The summed E-state index contributed by atoms with van der Waals surface area (Å²) in [7, 11) is 3.56. The lowest BCUT2D eigenvalue weighted by Gasteiger charge is -2.29. The molecule has 1 saturated carbocycles. The summed E-state index contributed by atoms with van der Waals surface area (Å²) in [4.78, 5) is 8.70. The molecule has 1 aliphatic carbocycles. The van der Waals surface area contributed by atoms with E-state index in [0.717, 1.165) is 36.9 Å². The predicted molar refractivity (Wildman–Crippen MR) is 123 cm³/mol. The van der Waals surface area contributed by atoms with Crippen LogP contribution in [0.15, 0.2) is 45.9 Å². The van der Waals surface area contributed by atoms with Crippen molar-refractivity contribution in [1.82, 2.24) is 15.6 Å². The Kier molecular flexibility index (Phi) is 9.24.